The van der Waals surface area contributed by atoms with Crippen molar-refractivity contribution in [3.63, 3.8) is 0 Å². The molecule has 2 heterocycles. The smallest absolute Gasteiger partial charge is 0.344 e. The lowest BCUT2D eigenvalue weighted by atomic mass is 10.2. The molecule has 0 saturated heterocycles. The summed E-state index contributed by atoms with van der Waals surface area (Å²) in [5, 5.41) is 0. The van der Waals surface area contributed by atoms with Gasteiger partial charge in [0.2, 0.25) is 0 Å². The number of nitrogens with zero attached hydrogens (tertiary/aromatic N) is 3. The number of rotatable bonds is 4. The highest BCUT2D eigenvalue weighted by molar-refractivity contribution is 7.90. The molecule has 1 aliphatic rings. The molecule has 154 valence electrons. The van der Waals surface area contributed by atoms with Gasteiger partial charge >= 0.3 is 6.03 Å². The first-order valence-corrected chi connectivity index (χ1v) is 10.2. The third kappa shape index (κ3) is 3.35. The molecule has 0 N–H and O–H groups in total. The lowest BCUT2D eigenvalue weighted by Gasteiger charge is -2.35. The van der Waals surface area contributed by atoms with Crippen LogP contribution in [0, 0.1) is 11.6 Å². The van der Waals surface area contributed by atoms with E-state index in [0.717, 1.165) is 17.0 Å². The second-order valence-corrected chi connectivity index (χ2v) is 8.26. The summed E-state index contributed by atoms with van der Waals surface area (Å²) in [5.41, 5.74) is 0.345. The lowest BCUT2D eigenvalue weighted by Crippen LogP contribution is -2.48. The highest BCUT2D eigenvalue weighted by Gasteiger charge is 2.43. The molecule has 30 heavy (non-hydrogen) atoms. The van der Waals surface area contributed by atoms with E-state index in [4.69, 9.17) is 4.74 Å². The van der Waals surface area contributed by atoms with Crippen LogP contribution in [0.5, 0.6) is 5.75 Å². The third-order valence-corrected chi connectivity index (χ3v) is 6.25. The van der Waals surface area contributed by atoms with Gasteiger partial charge < -0.3 is 4.74 Å². The molecule has 0 unspecified atom stereocenters. The molecule has 7 nitrogen and oxygen atoms in total. The summed E-state index contributed by atoms with van der Waals surface area (Å²) < 4.78 is 59.1. The molecule has 0 aliphatic carbocycles. The predicted molar refractivity (Wildman–Crippen MR) is 104 cm³/mol. The Kier molecular flexibility index (Phi) is 4.86. The number of methoxy groups -OCH3 is 1. The number of benzene rings is 2. The standard InChI is InChI=1S/C20H15F2N3O4S/c1-29-17-6-4-16(5-7-17)25-19-18(3-2-8-23-19)30(27,28)24(20(25)26)12-13-9-14(21)11-15(22)10-13/h2-11H,12H2,1H3. The highest BCUT2D eigenvalue weighted by atomic mass is 32.2. The Labute approximate surface area is 171 Å². The van der Waals surface area contributed by atoms with Crippen molar-refractivity contribution < 1.29 is 26.7 Å². The maximum Gasteiger partial charge on any atom is 0.344 e. The molecular formula is C20H15F2N3O4S. The van der Waals surface area contributed by atoms with Crippen LogP contribution >= 0.6 is 0 Å². The van der Waals surface area contributed by atoms with Gasteiger partial charge in [0.25, 0.3) is 10.0 Å². The molecule has 0 bridgehead atoms. The lowest BCUT2D eigenvalue weighted by molar-refractivity contribution is 0.229. The van der Waals surface area contributed by atoms with Crippen molar-refractivity contribution in [3.05, 3.63) is 78.0 Å². The van der Waals surface area contributed by atoms with E-state index in [-0.39, 0.29) is 16.3 Å². The monoisotopic (exact) mass is 431 g/mol. The molecule has 10 heteroatoms. The van der Waals surface area contributed by atoms with Crippen LogP contribution in [0.2, 0.25) is 0 Å². The van der Waals surface area contributed by atoms with Gasteiger partial charge in [-0.2, -0.15) is 0 Å². The molecule has 0 atom stereocenters. The van der Waals surface area contributed by atoms with Crippen LogP contribution < -0.4 is 9.64 Å². The Hall–Kier alpha value is -3.53. The Morgan fingerprint density at radius 2 is 1.70 bits per heavy atom. The Balaban J connectivity index is 1.84. The molecular weight excluding hydrogens is 416 g/mol. The number of carbonyl (C=O) groups is 1. The van der Waals surface area contributed by atoms with Crippen LogP contribution in [0.4, 0.5) is 25.1 Å². The maximum atomic E-state index is 13.6. The quantitative estimate of drug-likeness (QED) is 0.627. The first-order valence-electron chi connectivity index (χ1n) is 8.72. The van der Waals surface area contributed by atoms with Crippen LogP contribution in [-0.4, -0.2) is 30.8 Å². The van der Waals surface area contributed by atoms with E-state index in [2.05, 4.69) is 4.98 Å². The van der Waals surface area contributed by atoms with Crippen LogP contribution in [-0.2, 0) is 16.6 Å². The molecule has 0 radical (unpaired) electrons. The summed E-state index contributed by atoms with van der Waals surface area (Å²) in [6.07, 6.45) is 1.37. The second kappa shape index (κ2) is 7.38. The van der Waals surface area contributed by atoms with Crippen LogP contribution in [0.3, 0.4) is 0 Å². The number of sulfonamides is 1. The number of hydrogen-bond acceptors (Lipinski definition) is 5. The first-order chi connectivity index (χ1) is 14.3. The number of amides is 2. The van der Waals surface area contributed by atoms with Crippen molar-refractivity contribution in [1.82, 2.24) is 9.29 Å². The summed E-state index contributed by atoms with van der Waals surface area (Å²) >= 11 is 0. The zero-order valence-electron chi connectivity index (χ0n) is 15.6. The van der Waals surface area contributed by atoms with E-state index in [1.807, 2.05) is 0 Å². The third-order valence-electron chi connectivity index (χ3n) is 4.51. The number of pyridine rings is 1. The summed E-state index contributed by atoms with van der Waals surface area (Å²) in [6, 6.07) is 10.8. The van der Waals surface area contributed by atoms with Crippen LogP contribution in [0.15, 0.2) is 65.7 Å². The van der Waals surface area contributed by atoms with Crippen molar-refractivity contribution in [3.8, 4) is 5.75 Å². The molecule has 2 aromatic carbocycles. The van der Waals surface area contributed by atoms with Gasteiger partial charge in [-0.1, -0.05) is 0 Å². The zero-order valence-corrected chi connectivity index (χ0v) is 16.4. The van der Waals surface area contributed by atoms with Gasteiger partial charge in [-0.3, -0.25) is 0 Å². The normalized spacial score (nSPS) is 15.1. The van der Waals surface area contributed by atoms with Gasteiger partial charge in [0.15, 0.2) is 5.82 Å². The minimum absolute atomic E-state index is 0.00792. The molecule has 2 amide bonds. The topological polar surface area (TPSA) is 79.8 Å². The fourth-order valence-corrected chi connectivity index (χ4v) is 4.63. The number of hydrogen-bond donors (Lipinski definition) is 0. The maximum absolute atomic E-state index is 13.6. The predicted octanol–water partition coefficient (Wildman–Crippen LogP) is 3.83. The van der Waals surface area contributed by atoms with Crippen LogP contribution in [0.25, 0.3) is 0 Å². The van der Waals surface area contributed by atoms with Crippen LogP contribution in [0.1, 0.15) is 5.56 Å². The summed E-state index contributed by atoms with van der Waals surface area (Å²) in [7, 11) is -2.81. The Morgan fingerprint density at radius 3 is 2.33 bits per heavy atom. The summed E-state index contributed by atoms with van der Waals surface area (Å²) in [5.74, 6) is -1.26. The molecule has 1 aliphatic heterocycles. The van der Waals surface area contributed by atoms with Crippen molar-refractivity contribution in [2.45, 2.75) is 11.4 Å². The molecule has 0 spiro atoms. The molecule has 4 rings (SSSR count). The number of aromatic nitrogens is 1. The number of halogens is 2. The average molecular weight is 431 g/mol. The van der Waals surface area contributed by atoms with E-state index in [0.29, 0.717) is 21.8 Å². The van der Waals surface area contributed by atoms with E-state index in [9.17, 15) is 22.0 Å². The second-order valence-electron chi connectivity index (χ2n) is 6.43. The van der Waals surface area contributed by atoms with Gasteiger partial charge in [-0.25, -0.2) is 36.2 Å². The fourth-order valence-electron chi connectivity index (χ4n) is 3.16. The Morgan fingerprint density at radius 1 is 1.03 bits per heavy atom. The fraction of sp³-hybridized carbons (Fsp3) is 0.100. The van der Waals surface area contributed by atoms with E-state index < -0.39 is 34.2 Å². The van der Waals surface area contributed by atoms with E-state index in [1.54, 1.807) is 24.3 Å². The van der Waals surface area contributed by atoms with Crippen molar-refractivity contribution in [2.75, 3.05) is 12.0 Å². The summed E-state index contributed by atoms with van der Waals surface area (Å²) in [6.45, 7) is -0.545. The summed E-state index contributed by atoms with van der Waals surface area (Å²) in [4.78, 5) is 18.3. The SMILES string of the molecule is COc1ccc(N2C(=O)N(Cc3cc(F)cc(F)c3)S(=O)(=O)c3cccnc32)cc1. The van der Waals surface area contributed by atoms with Gasteiger partial charge in [0.05, 0.1) is 19.3 Å². The number of urea groups is 1. The first kappa shape index (κ1) is 19.8. The highest BCUT2D eigenvalue weighted by Crippen LogP contribution is 2.38. The van der Waals surface area contributed by atoms with Crippen molar-refractivity contribution in [2.24, 2.45) is 0 Å². The molecule has 0 saturated carbocycles. The number of ether oxygens (including phenoxy) is 1. The molecule has 3 aromatic rings. The largest absolute Gasteiger partial charge is 0.497 e. The van der Waals surface area contributed by atoms with Crippen molar-refractivity contribution >= 4 is 27.6 Å². The van der Waals surface area contributed by atoms with Gasteiger partial charge in [0.1, 0.15) is 22.3 Å². The zero-order chi connectivity index (χ0) is 21.5. The van der Waals surface area contributed by atoms with Crippen molar-refractivity contribution in [1.29, 1.82) is 0 Å². The Bertz CT molecular complexity index is 1210. The number of carbonyl (C=O) groups excluding carboxylic acids is 1. The van der Waals surface area contributed by atoms with Gasteiger partial charge in [-0.15, -0.1) is 0 Å². The van der Waals surface area contributed by atoms with Gasteiger partial charge in [-0.05, 0) is 54.1 Å². The number of fused-ring (bicyclic) bond motifs is 1. The minimum Gasteiger partial charge on any atom is -0.497 e. The van der Waals surface area contributed by atoms with Gasteiger partial charge in [0, 0.05) is 12.3 Å². The average Bonchev–Trinajstić information content (AvgIpc) is 2.71. The van der Waals surface area contributed by atoms with E-state index in [1.165, 1.54) is 25.4 Å². The number of anilines is 2. The molecule has 1 aromatic heterocycles. The minimum atomic E-state index is -4.30. The molecule has 0 fully saturated rings. The van der Waals surface area contributed by atoms with E-state index >= 15 is 0 Å².